The van der Waals surface area contributed by atoms with Crippen LogP contribution in [0.2, 0.25) is 0 Å². The van der Waals surface area contributed by atoms with Crippen molar-refractivity contribution in [1.29, 1.82) is 5.53 Å². The van der Waals surface area contributed by atoms with Crippen LogP contribution in [0.25, 0.3) is 10.9 Å². The molecule has 1 heterocycles. The maximum absolute atomic E-state index is 12.5. The second-order valence-corrected chi connectivity index (χ2v) is 4.72. The van der Waals surface area contributed by atoms with Gasteiger partial charge in [-0.2, -0.15) is 5.53 Å². The number of carbonyl (C=O) groups is 1. The first-order valence-electron chi connectivity index (χ1n) is 6.62. The number of hydrogen-bond acceptors (Lipinski definition) is 3. The summed E-state index contributed by atoms with van der Waals surface area (Å²) in [7, 11) is 0. The highest BCUT2D eigenvalue weighted by atomic mass is 16.2. The maximum atomic E-state index is 12.5. The number of hydrogen-bond donors (Lipinski definition) is 2. The predicted molar refractivity (Wildman–Crippen MR) is 84.0 cm³/mol. The van der Waals surface area contributed by atoms with Crippen molar-refractivity contribution < 1.29 is 4.79 Å². The first-order chi connectivity index (χ1) is 10.7. The Hall–Kier alpha value is -3.28. The summed E-state index contributed by atoms with van der Waals surface area (Å²) in [5, 5.41) is 7.29. The van der Waals surface area contributed by atoms with Crippen LogP contribution in [-0.2, 0) is 0 Å². The van der Waals surface area contributed by atoms with E-state index in [0.717, 1.165) is 10.9 Å². The number of nitrogens with one attached hydrogen (secondary N) is 1. The van der Waals surface area contributed by atoms with E-state index in [0.29, 0.717) is 11.1 Å². The van der Waals surface area contributed by atoms with Crippen LogP contribution in [0.1, 0.15) is 15.9 Å². The quantitative estimate of drug-likeness (QED) is 0.336. The number of benzene rings is 2. The van der Waals surface area contributed by atoms with Gasteiger partial charge in [0.15, 0.2) is 5.84 Å². The van der Waals surface area contributed by atoms with Crippen LogP contribution in [0.5, 0.6) is 0 Å². The van der Waals surface area contributed by atoms with Crippen molar-refractivity contribution >= 4 is 22.6 Å². The summed E-state index contributed by atoms with van der Waals surface area (Å²) in [5.74, 6) is 0.0742. The van der Waals surface area contributed by atoms with Gasteiger partial charge in [0.1, 0.15) is 0 Å². The lowest BCUT2D eigenvalue weighted by Crippen LogP contribution is -2.13. The molecule has 0 aliphatic heterocycles. The van der Waals surface area contributed by atoms with E-state index in [-0.39, 0.29) is 11.7 Å². The van der Waals surface area contributed by atoms with Gasteiger partial charge in [0, 0.05) is 22.7 Å². The molecule has 0 radical (unpaired) electrons. The molecule has 0 saturated carbocycles. The Bertz CT molecular complexity index is 880. The van der Waals surface area contributed by atoms with Gasteiger partial charge < -0.3 is 5.73 Å². The lowest BCUT2D eigenvalue weighted by Gasteiger charge is -2.05. The normalized spacial score (nSPS) is 11.5. The maximum Gasteiger partial charge on any atom is 0.262 e. The van der Waals surface area contributed by atoms with Crippen molar-refractivity contribution in [1.82, 2.24) is 4.57 Å². The van der Waals surface area contributed by atoms with Crippen LogP contribution in [-0.4, -0.2) is 16.3 Å². The van der Waals surface area contributed by atoms with Crippen molar-refractivity contribution in [2.24, 2.45) is 16.1 Å². The van der Waals surface area contributed by atoms with Gasteiger partial charge in [0.05, 0.1) is 5.52 Å². The molecule has 3 aromatic rings. The Kier molecular flexibility index (Phi) is 3.49. The molecule has 0 aliphatic carbocycles. The molecule has 22 heavy (non-hydrogen) atoms. The number of aromatic nitrogens is 1. The lowest BCUT2D eigenvalue weighted by atomic mass is 10.1. The number of nitrogens with zero attached hydrogens (tertiary/aromatic N) is 3. The molecule has 0 bridgehead atoms. The van der Waals surface area contributed by atoms with E-state index in [1.807, 2.05) is 30.3 Å². The zero-order valence-electron chi connectivity index (χ0n) is 11.6. The van der Waals surface area contributed by atoms with Gasteiger partial charge >= 0.3 is 0 Å². The SMILES string of the molecule is N=NN=C(N)c1ccc2c(ccn2C(=O)c2ccccc2)c1. The highest BCUT2D eigenvalue weighted by Gasteiger charge is 2.11. The van der Waals surface area contributed by atoms with Crippen molar-refractivity contribution in [2.75, 3.05) is 0 Å². The number of nitrogens with two attached hydrogens (primary N) is 1. The molecule has 2 aromatic carbocycles. The van der Waals surface area contributed by atoms with Crippen molar-refractivity contribution in [2.45, 2.75) is 0 Å². The van der Waals surface area contributed by atoms with E-state index in [4.69, 9.17) is 11.3 Å². The molecule has 0 atom stereocenters. The third kappa shape index (κ3) is 2.37. The minimum Gasteiger partial charge on any atom is -0.382 e. The van der Waals surface area contributed by atoms with Crippen LogP contribution in [0.3, 0.4) is 0 Å². The number of carbonyl (C=O) groups excluding carboxylic acids is 1. The van der Waals surface area contributed by atoms with E-state index in [9.17, 15) is 4.79 Å². The average Bonchev–Trinajstić information content (AvgIpc) is 2.98. The highest BCUT2D eigenvalue weighted by molar-refractivity contribution is 6.04. The monoisotopic (exact) mass is 291 g/mol. The highest BCUT2D eigenvalue weighted by Crippen LogP contribution is 2.19. The van der Waals surface area contributed by atoms with Gasteiger partial charge in [-0.25, -0.2) is 0 Å². The molecular weight excluding hydrogens is 278 g/mol. The predicted octanol–water partition coefficient (Wildman–Crippen LogP) is 2.98. The summed E-state index contributed by atoms with van der Waals surface area (Å²) in [6.45, 7) is 0. The molecule has 0 amide bonds. The standard InChI is InChI=1S/C16H13N5O/c17-15(19-20-18)13-6-7-14-12(10-13)8-9-21(14)16(22)11-4-2-1-3-5-11/h1-10H,(H3,17,18,19). The Morgan fingerprint density at radius 1 is 1.05 bits per heavy atom. The summed E-state index contributed by atoms with van der Waals surface area (Å²) in [6, 6.07) is 16.3. The first kappa shape index (κ1) is 13.7. The second-order valence-electron chi connectivity index (χ2n) is 4.72. The Balaban J connectivity index is 2.05. The van der Waals surface area contributed by atoms with E-state index >= 15 is 0 Å². The van der Waals surface area contributed by atoms with Gasteiger partial charge in [-0.3, -0.25) is 9.36 Å². The summed E-state index contributed by atoms with van der Waals surface area (Å²) < 4.78 is 1.59. The van der Waals surface area contributed by atoms with Crippen LogP contribution in [0.15, 0.2) is 71.1 Å². The molecule has 6 heteroatoms. The number of amidine groups is 1. The zero-order valence-corrected chi connectivity index (χ0v) is 11.6. The summed E-state index contributed by atoms with van der Waals surface area (Å²) in [6.07, 6.45) is 1.73. The molecule has 3 rings (SSSR count). The van der Waals surface area contributed by atoms with Crippen LogP contribution in [0.4, 0.5) is 0 Å². The molecule has 6 nitrogen and oxygen atoms in total. The Morgan fingerprint density at radius 2 is 1.82 bits per heavy atom. The van der Waals surface area contributed by atoms with Gasteiger partial charge in [0.2, 0.25) is 0 Å². The van der Waals surface area contributed by atoms with Crippen LogP contribution < -0.4 is 5.73 Å². The zero-order chi connectivity index (χ0) is 15.5. The molecule has 0 fully saturated rings. The van der Waals surface area contributed by atoms with Crippen molar-refractivity contribution in [3.63, 3.8) is 0 Å². The van der Waals surface area contributed by atoms with Gasteiger partial charge in [0.25, 0.3) is 5.91 Å². The van der Waals surface area contributed by atoms with Crippen molar-refractivity contribution in [3.05, 3.63) is 71.9 Å². The molecular formula is C16H13N5O. The average molecular weight is 291 g/mol. The minimum absolute atomic E-state index is 0.0915. The molecule has 0 unspecified atom stereocenters. The fraction of sp³-hybridized carbons (Fsp3) is 0. The smallest absolute Gasteiger partial charge is 0.262 e. The van der Waals surface area contributed by atoms with Gasteiger partial charge in [-0.15, -0.1) is 5.10 Å². The van der Waals surface area contributed by atoms with Gasteiger partial charge in [-0.05, 0) is 36.4 Å². The third-order valence-corrected chi connectivity index (χ3v) is 3.38. The molecule has 0 spiro atoms. The van der Waals surface area contributed by atoms with Crippen LogP contribution >= 0.6 is 0 Å². The fourth-order valence-corrected chi connectivity index (χ4v) is 2.31. The minimum atomic E-state index is -0.0915. The van der Waals surface area contributed by atoms with Gasteiger partial charge in [-0.1, -0.05) is 23.4 Å². The van der Waals surface area contributed by atoms with E-state index in [1.165, 1.54) is 0 Å². The molecule has 108 valence electrons. The van der Waals surface area contributed by atoms with Crippen molar-refractivity contribution in [3.8, 4) is 0 Å². The lowest BCUT2D eigenvalue weighted by molar-refractivity contribution is 0.0965. The molecule has 0 saturated heterocycles. The Morgan fingerprint density at radius 3 is 2.55 bits per heavy atom. The molecule has 1 aromatic heterocycles. The van der Waals surface area contributed by atoms with Crippen LogP contribution in [0, 0.1) is 5.53 Å². The fourth-order valence-electron chi connectivity index (χ4n) is 2.31. The summed E-state index contributed by atoms with van der Waals surface area (Å²) in [5.41, 5.74) is 14.5. The number of fused-ring (bicyclic) bond motifs is 1. The third-order valence-electron chi connectivity index (χ3n) is 3.38. The van der Waals surface area contributed by atoms with E-state index < -0.39 is 0 Å². The number of rotatable bonds is 3. The molecule has 3 N–H and O–H groups in total. The summed E-state index contributed by atoms with van der Waals surface area (Å²) >= 11 is 0. The largest absolute Gasteiger partial charge is 0.382 e. The summed E-state index contributed by atoms with van der Waals surface area (Å²) in [4.78, 5) is 12.5. The Labute approximate surface area is 126 Å². The second kappa shape index (κ2) is 5.61. The molecule has 0 aliphatic rings. The topological polar surface area (TPSA) is 96.6 Å². The first-order valence-corrected chi connectivity index (χ1v) is 6.62. The van der Waals surface area contributed by atoms with E-state index in [1.54, 1.807) is 35.0 Å². The van der Waals surface area contributed by atoms with E-state index in [2.05, 4.69) is 10.3 Å².